The van der Waals surface area contributed by atoms with Crippen LogP contribution in [0.15, 0.2) is 59.7 Å². The Labute approximate surface area is 131 Å². The lowest BCUT2D eigenvalue weighted by Gasteiger charge is -2.29. The van der Waals surface area contributed by atoms with Crippen molar-refractivity contribution in [2.45, 2.75) is 6.23 Å². The molecule has 0 aromatic heterocycles. The van der Waals surface area contributed by atoms with E-state index in [0.717, 1.165) is 16.3 Å². The van der Waals surface area contributed by atoms with Gasteiger partial charge in [0.2, 0.25) is 0 Å². The van der Waals surface area contributed by atoms with Crippen molar-refractivity contribution in [3.05, 3.63) is 70.3 Å². The molecule has 3 rings (SSSR count). The molecule has 0 radical (unpaired) electrons. The number of hydrogen-bond donors (Lipinski definition) is 1. The molecule has 22 heavy (non-hydrogen) atoms. The van der Waals surface area contributed by atoms with Crippen molar-refractivity contribution in [1.29, 1.82) is 0 Å². The van der Waals surface area contributed by atoms with Gasteiger partial charge in [-0.1, -0.05) is 30.0 Å². The highest BCUT2D eigenvalue weighted by Gasteiger charge is 2.23. The van der Waals surface area contributed by atoms with E-state index in [1.54, 1.807) is 17.1 Å². The number of hydrazone groups is 1. The highest BCUT2D eigenvalue weighted by Crippen LogP contribution is 2.27. The van der Waals surface area contributed by atoms with Crippen LogP contribution >= 0.6 is 11.8 Å². The van der Waals surface area contributed by atoms with E-state index in [9.17, 15) is 15.2 Å². The first kappa shape index (κ1) is 14.6. The molecule has 2 aromatic carbocycles. The van der Waals surface area contributed by atoms with Gasteiger partial charge in [-0.2, -0.15) is 5.10 Å². The summed E-state index contributed by atoms with van der Waals surface area (Å²) < 4.78 is 0. The van der Waals surface area contributed by atoms with Crippen LogP contribution in [0.4, 0.5) is 11.4 Å². The number of aliphatic hydroxyl groups is 1. The Morgan fingerprint density at radius 3 is 2.50 bits per heavy atom. The van der Waals surface area contributed by atoms with E-state index < -0.39 is 11.2 Å². The molecule has 2 aromatic rings. The van der Waals surface area contributed by atoms with Gasteiger partial charge in [0.25, 0.3) is 5.69 Å². The molecule has 7 heteroatoms. The molecule has 0 aliphatic carbocycles. The average Bonchev–Trinajstić information content (AvgIpc) is 2.56. The van der Waals surface area contributed by atoms with Gasteiger partial charge in [0, 0.05) is 23.4 Å². The van der Waals surface area contributed by atoms with Crippen LogP contribution in [0.1, 0.15) is 5.56 Å². The molecular weight excluding hydrogens is 302 g/mol. The number of benzene rings is 2. The predicted octanol–water partition coefficient (Wildman–Crippen LogP) is 2.83. The van der Waals surface area contributed by atoms with Gasteiger partial charge < -0.3 is 5.11 Å². The van der Waals surface area contributed by atoms with Crippen molar-refractivity contribution >= 4 is 28.2 Å². The lowest BCUT2D eigenvalue weighted by Crippen LogP contribution is -2.37. The van der Waals surface area contributed by atoms with Gasteiger partial charge in [-0.05, 0) is 24.3 Å². The highest BCUT2D eigenvalue weighted by atomic mass is 32.2. The Hall–Kier alpha value is -2.38. The summed E-state index contributed by atoms with van der Waals surface area (Å²) in [4.78, 5) is 10.3. The van der Waals surface area contributed by atoms with Gasteiger partial charge in [-0.3, -0.25) is 10.1 Å². The average molecular weight is 315 g/mol. The lowest BCUT2D eigenvalue weighted by atomic mass is 10.2. The van der Waals surface area contributed by atoms with Crippen LogP contribution in [0.5, 0.6) is 0 Å². The van der Waals surface area contributed by atoms with E-state index in [1.165, 1.54) is 23.9 Å². The molecular formula is C15H13N3O3S. The molecule has 0 saturated heterocycles. The molecule has 0 bridgehead atoms. The van der Waals surface area contributed by atoms with E-state index in [4.69, 9.17) is 0 Å². The van der Waals surface area contributed by atoms with Gasteiger partial charge in [0.15, 0.2) is 6.23 Å². The maximum atomic E-state index is 10.7. The monoisotopic (exact) mass is 315 g/mol. The topological polar surface area (TPSA) is 79.0 Å². The normalized spacial score (nSPS) is 18.0. The molecule has 1 unspecified atom stereocenters. The Kier molecular flexibility index (Phi) is 4.08. The molecule has 112 valence electrons. The first-order chi connectivity index (χ1) is 10.6. The highest BCUT2D eigenvalue weighted by molar-refractivity contribution is 8.14. The van der Waals surface area contributed by atoms with Gasteiger partial charge in [-0.15, -0.1) is 0 Å². The van der Waals surface area contributed by atoms with E-state index in [1.807, 2.05) is 30.3 Å². The molecule has 0 saturated carbocycles. The number of nitro groups is 1. The molecule has 1 aliphatic heterocycles. The maximum absolute atomic E-state index is 10.7. The molecule has 1 atom stereocenters. The molecule has 0 fully saturated rings. The number of hydrogen-bond acceptors (Lipinski definition) is 6. The third kappa shape index (κ3) is 2.95. The zero-order valence-electron chi connectivity index (χ0n) is 11.5. The number of non-ortho nitro benzene ring substituents is 1. The molecule has 1 N–H and O–H groups in total. The molecule has 6 nitrogen and oxygen atoms in total. The summed E-state index contributed by atoms with van der Waals surface area (Å²) in [5.74, 6) is 0.477. The summed E-state index contributed by atoms with van der Waals surface area (Å²) in [6.45, 7) is 0. The number of thioether (sulfide) groups is 1. The maximum Gasteiger partial charge on any atom is 0.269 e. The van der Waals surface area contributed by atoms with Crippen LogP contribution < -0.4 is 5.01 Å². The van der Waals surface area contributed by atoms with Gasteiger partial charge in [0.1, 0.15) is 5.04 Å². The van der Waals surface area contributed by atoms with Crippen LogP contribution in [-0.4, -0.2) is 27.1 Å². The minimum atomic E-state index is -0.700. The van der Waals surface area contributed by atoms with Crippen LogP contribution in [0.3, 0.4) is 0 Å². The van der Waals surface area contributed by atoms with E-state index >= 15 is 0 Å². The number of para-hydroxylation sites is 1. The van der Waals surface area contributed by atoms with Gasteiger partial charge in [0.05, 0.1) is 10.6 Å². The fourth-order valence-corrected chi connectivity index (χ4v) is 2.99. The van der Waals surface area contributed by atoms with E-state index in [-0.39, 0.29) is 5.69 Å². The first-order valence-corrected chi connectivity index (χ1v) is 7.62. The van der Waals surface area contributed by atoms with E-state index in [2.05, 4.69) is 5.10 Å². The van der Waals surface area contributed by atoms with Crippen molar-refractivity contribution < 1.29 is 10.0 Å². The summed E-state index contributed by atoms with van der Waals surface area (Å²) in [5.41, 5.74) is 1.64. The summed E-state index contributed by atoms with van der Waals surface area (Å²) in [6, 6.07) is 15.7. The van der Waals surface area contributed by atoms with Gasteiger partial charge >= 0.3 is 0 Å². The summed E-state index contributed by atoms with van der Waals surface area (Å²) in [5, 5.41) is 27.6. The second-order valence-corrected chi connectivity index (χ2v) is 5.69. The number of aliphatic hydroxyl groups excluding tert-OH is 1. The van der Waals surface area contributed by atoms with Crippen molar-refractivity contribution in [2.75, 3.05) is 10.8 Å². The Balaban J connectivity index is 1.91. The summed E-state index contributed by atoms with van der Waals surface area (Å²) in [7, 11) is 0. The molecule has 1 heterocycles. The van der Waals surface area contributed by atoms with Crippen molar-refractivity contribution in [3.63, 3.8) is 0 Å². The zero-order valence-corrected chi connectivity index (χ0v) is 12.3. The number of anilines is 1. The SMILES string of the molecule is O=[N+]([O-])c1ccc(C2=NN(c3ccccc3)C(O)CS2)cc1. The first-order valence-electron chi connectivity index (χ1n) is 6.64. The van der Waals surface area contributed by atoms with Crippen LogP contribution in [0.2, 0.25) is 0 Å². The molecule has 0 amide bonds. The number of rotatable bonds is 3. The van der Waals surface area contributed by atoms with Gasteiger partial charge in [-0.25, -0.2) is 5.01 Å². The van der Waals surface area contributed by atoms with Crippen molar-refractivity contribution in [2.24, 2.45) is 5.10 Å². The summed E-state index contributed by atoms with van der Waals surface area (Å²) in [6.07, 6.45) is -0.700. The quantitative estimate of drug-likeness (QED) is 0.696. The van der Waals surface area contributed by atoms with Crippen LogP contribution in [0, 0.1) is 10.1 Å². The molecule has 0 spiro atoms. The number of nitrogens with zero attached hydrogens (tertiary/aromatic N) is 3. The fourth-order valence-electron chi connectivity index (χ4n) is 2.09. The fraction of sp³-hybridized carbons (Fsp3) is 0.133. The standard InChI is InChI=1S/C15H13N3O3S/c19-14-10-22-15(11-6-8-13(9-7-11)18(20)21)16-17(14)12-4-2-1-3-5-12/h1-9,14,19H,10H2. The smallest absolute Gasteiger partial charge is 0.269 e. The minimum absolute atomic E-state index is 0.0464. The third-order valence-electron chi connectivity index (χ3n) is 3.20. The predicted molar refractivity (Wildman–Crippen MR) is 87.0 cm³/mol. The largest absolute Gasteiger partial charge is 0.371 e. The second-order valence-electron chi connectivity index (χ2n) is 4.68. The number of nitro benzene ring substituents is 1. The second kappa shape index (κ2) is 6.17. The van der Waals surface area contributed by atoms with Crippen molar-refractivity contribution in [3.8, 4) is 0 Å². The Morgan fingerprint density at radius 1 is 1.18 bits per heavy atom. The van der Waals surface area contributed by atoms with Crippen LogP contribution in [0.25, 0.3) is 0 Å². The lowest BCUT2D eigenvalue weighted by molar-refractivity contribution is -0.384. The Morgan fingerprint density at radius 2 is 1.86 bits per heavy atom. The third-order valence-corrected chi connectivity index (χ3v) is 4.25. The zero-order chi connectivity index (χ0) is 15.5. The van der Waals surface area contributed by atoms with Crippen LogP contribution in [-0.2, 0) is 0 Å². The molecule has 1 aliphatic rings. The van der Waals surface area contributed by atoms with E-state index in [0.29, 0.717) is 5.75 Å². The van der Waals surface area contributed by atoms with Crippen molar-refractivity contribution in [1.82, 2.24) is 0 Å². The summed E-state index contributed by atoms with van der Waals surface area (Å²) >= 11 is 1.43. The minimum Gasteiger partial charge on any atom is -0.371 e. The Bertz CT molecular complexity index is 704.